The van der Waals surface area contributed by atoms with Crippen molar-refractivity contribution in [3.8, 4) is 0 Å². The van der Waals surface area contributed by atoms with E-state index in [0.29, 0.717) is 0 Å². The van der Waals surface area contributed by atoms with Crippen LogP contribution in [-0.4, -0.2) is 21.8 Å². The fraction of sp³-hybridized carbons (Fsp3) is 0.286. The van der Waals surface area contributed by atoms with Crippen molar-refractivity contribution in [3.05, 3.63) is 53.9 Å². The van der Waals surface area contributed by atoms with Crippen molar-refractivity contribution in [2.75, 3.05) is 16.8 Å². The summed E-state index contributed by atoms with van der Waals surface area (Å²) < 4.78 is 0. The SMILES string of the molecule is Cc1cnc(N(CCBr)Cc2ccccc2)nc1. The minimum Gasteiger partial charge on any atom is -0.336 e. The molecule has 0 radical (unpaired) electrons. The molecule has 0 atom stereocenters. The minimum absolute atomic E-state index is 0.781. The Kier molecular flexibility index (Phi) is 4.70. The summed E-state index contributed by atoms with van der Waals surface area (Å²) in [7, 11) is 0. The van der Waals surface area contributed by atoms with E-state index in [1.807, 2.05) is 25.4 Å². The molecule has 0 aliphatic carbocycles. The van der Waals surface area contributed by atoms with Gasteiger partial charge in [0.1, 0.15) is 0 Å². The van der Waals surface area contributed by atoms with Gasteiger partial charge in [0.2, 0.25) is 5.95 Å². The topological polar surface area (TPSA) is 29.0 Å². The molecule has 0 unspecified atom stereocenters. The van der Waals surface area contributed by atoms with Crippen LogP contribution in [0.5, 0.6) is 0 Å². The molecule has 0 amide bonds. The number of halogens is 1. The third-order valence-corrected chi connectivity index (χ3v) is 2.98. The monoisotopic (exact) mass is 305 g/mol. The number of anilines is 1. The van der Waals surface area contributed by atoms with Gasteiger partial charge in [0.05, 0.1) is 0 Å². The van der Waals surface area contributed by atoms with Crippen molar-refractivity contribution < 1.29 is 0 Å². The Hall–Kier alpha value is -1.42. The largest absolute Gasteiger partial charge is 0.336 e. The van der Waals surface area contributed by atoms with Crippen LogP contribution in [-0.2, 0) is 6.54 Å². The van der Waals surface area contributed by atoms with E-state index in [9.17, 15) is 0 Å². The van der Waals surface area contributed by atoms with Crippen molar-refractivity contribution in [1.82, 2.24) is 9.97 Å². The van der Waals surface area contributed by atoms with Crippen molar-refractivity contribution >= 4 is 21.9 Å². The Labute approximate surface area is 116 Å². The third-order valence-electron chi connectivity index (χ3n) is 2.62. The fourth-order valence-corrected chi connectivity index (χ4v) is 2.13. The molecule has 1 aromatic heterocycles. The molecule has 0 bridgehead atoms. The van der Waals surface area contributed by atoms with E-state index in [-0.39, 0.29) is 0 Å². The van der Waals surface area contributed by atoms with E-state index in [2.05, 4.69) is 55.1 Å². The lowest BCUT2D eigenvalue weighted by Gasteiger charge is -2.21. The Morgan fingerprint density at radius 2 is 1.78 bits per heavy atom. The maximum absolute atomic E-state index is 4.39. The summed E-state index contributed by atoms with van der Waals surface area (Å²) in [6.45, 7) is 3.71. The number of rotatable bonds is 5. The van der Waals surface area contributed by atoms with E-state index in [1.54, 1.807) is 0 Å². The first-order chi connectivity index (χ1) is 8.79. The highest BCUT2D eigenvalue weighted by Gasteiger charge is 2.09. The Balaban J connectivity index is 2.15. The van der Waals surface area contributed by atoms with Gasteiger partial charge in [0, 0.05) is 30.8 Å². The summed E-state index contributed by atoms with van der Waals surface area (Å²) >= 11 is 3.48. The van der Waals surface area contributed by atoms with E-state index in [0.717, 1.165) is 29.9 Å². The van der Waals surface area contributed by atoms with E-state index < -0.39 is 0 Å². The molecule has 4 heteroatoms. The summed E-state index contributed by atoms with van der Waals surface area (Å²) in [5, 5.41) is 0.900. The Bertz CT molecular complexity index is 470. The molecule has 0 aliphatic heterocycles. The minimum atomic E-state index is 0.781. The maximum Gasteiger partial charge on any atom is 0.225 e. The molecular formula is C14H16BrN3. The van der Waals surface area contributed by atoms with Gasteiger partial charge in [-0.25, -0.2) is 9.97 Å². The molecular weight excluding hydrogens is 290 g/mol. The number of hydrogen-bond acceptors (Lipinski definition) is 3. The zero-order chi connectivity index (χ0) is 12.8. The lowest BCUT2D eigenvalue weighted by molar-refractivity contribution is 0.796. The second kappa shape index (κ2) is 6.50. The number of nitrogens with zero attached hydrogens (tertiary/aromatic N) is 3. The molecule has 3 nitrogen and oxygen atoms in total. The number of alkyl halides is 1. The maximum atomic E-state index is 4.39. The number of benzene rings is 1. The average molecular weight is 306 g/mol. The molecule has 0 aliphatic rings. The lowest BCUT2D eigenvalue weighted by Crippen LogP contribution is -2.26. The Morgan fingerprint density at radius 3 is 2.39 bits per heavy atom. The molecule has 18 heavy (non-hydrogen) atoms. The predicted molar refractivity (Wildman–Crippen MR) is 78.1 cm³/mol. The quantitative estimate of drug-likeness (QED) is 0.795. The molecule has 0 saturated heterocycles. The summed E-state index contributed by atoms with van der Waals surface area (Å²) in [4.78, 5) is 10.9. The fourth-order valence-electron chi connectivity index (χ4n) is 1.70. The molecule has 0 spiro atoms. The van der Waals surface area contributed by atoms with Crippen molar-refractivity contribution in [2.24, 2.45) is 0 Å². The summed E-state index contributed by atoms with van der Waals surface area (Å²) in [6, 6.07) is 10.4. The zero-order valence-electron chi connectivity index (χ0n) is 10.4. The first-order valence-corrected chi connectivity index (χ1v) is 7.05. The van der Waals surface area contributed by atoms with Gasteiger partial charge in [-0.05, 0) is 18.1 Å². The third kappa shape index (κ3) is 3.53. The van der Waals surface area contributed by atoms with Crippen LogP contribution in [0.3, 0.4) is 0 Å². The second-order valence-corrected chi connectivity index (χ2v) is 4.95. The van der Waals surface area contributed by atoms with Crippen molar-refractivity contribution in [1.29, 1.82) is 0 Å². The molecule has 2 aromatic rings. The van der Waals surface area contributed by atoms with Gasteiger partial charge in [0.25, 0.3) is 0 Å². The number of hydrogen-bond donors (Lipinski definition) is 0. The highest BCUT2D eigenvalue weighted by atomic mass is 79.9. The second-order valence-electron chi connectivity index (χ2n) is 4.16. The molecule has 0 N–H and O–H groups in total. The zero-order valence-corrected chi connectivity index (χ0v) is 12.0. The van der Waals surface area contributed by atoms with Crippen LogP contribution >= 0.6 is 15.9 Å². The highest BCUT2D eigenvalue weighted by Crippen LogP contribution is 2.12. The van der Waals surface area contributed by atoms with Crippen LogP contribution in [0, 0.1) is 6.92 Å². The van der Waals surface area contributed by atoms with E-state index >= 15 is 0 Å². The first-order valence-electron chi connectivity index (χ1n) is 5.93. The van der Waals surface area contributed by atoms with Crippen molar-refractivity contribution in [2.45, 2.75) is 13.5 Å². The van der Waals surface area contributed by atoms with Crippen LogP contribution in [0.1, 0.15) is 11.1 Å². The molecule has 94 valence electrons. The van der Waals surface area contributed by atoms with Gasteiger partial charge >= 0.3 is 0 Å². The van der Waals surface area contributed by atoms with Crippen LogP contribution < -0.4 is 4.90 Å². The summed E-state index contributed by atoms with van der Waals surface area (Å²) in [5.74, 6) is 0.781. The Morgan fingerprint density at radius 1 is 1.11 bits per heavy atom. The van der Waals surface area contributed by atoms with Crippen molar-refractivity contribution in [3.63, 3.8) is 0 Å². The normalized spacial score (nSPS) is 10.3. The highest BCUT2D eigenvalue weighted by molar-refractivity contribution is 9.09. The van der Waals surface area contributed by atoms with Crippen LogP contribution in [0.25, 0.3) is 0 Å². The predicted octanol–water partition coefficient (Wildman–Crippen LogP) is 3.19. The van der Waals surface area contributed by atoms with Crippen LogP contribution in [0.4, 0.5) is 5.95 Å². The molecule has 1 heterocycles. The average Bonchev–Trinajstić information content (AvgIpc) is 2.40. The van der Waals surface area contributed by atoms with E-state index in [1.165, 1.54) is 5.56 Å². The van der Waals surface area contributed by atoms with Gasteiger partial charge in [-0.2, -0.15) is 0 Å². The smallest absolute Gasteiger partial charge is 0.225 e. The molecule has 1 aromatic carbocycles. The number of aromatic nitrogens is 2. The molecule has 0 saturated carbocycles. The standard InChI is InChI=1S/C14H16BrN3/c1-12-9-16-14(17-10-12)18(8-7-15)11-13-5-3-2-4-6-13/h2-6,9-10H,7-8,11H2,1H3. The van der Waals surface area contributed by atoms with Gasteiger partial charge in [-0.1, -0.05) is 46.3 Å². The van der Waals surface area contributed by atoms with Crippen LogP contribution in [0.2, 0.25) is 0 Å². The summed E-state index contributed by atoms with van der Waals surface area (Å²) in [5.41, 5.74) is 2.35. The van der Waals surface area contributed by atoms with Gasteiger partial charge in [-0.15, -0.1) is 0 Å². The summed E-state index contributed by atoms with van der Waals surface area (Å²) in [6.07, 6.45) is 3.71. The van der Waals surface area contributed by atoms with Gasteiger partial charge in [-0.3, -0.25) is 0 Å². The van der Waals surface area contributed by atoms with Crippen LogP contribution in [0.15, 0.2) is 42.7 Å². The number of aryl methyl sites for hydroxylation is 1. The lowest BCUT2D eigenvalue weighted by atomic mass is 10.2. The van der Waals surface area contributed by atoms with Gasteiger partial charge in [0.15, 0.2) is 0 Å². The molecule has 2 rings (SSSR count). The van der Waals surface area contributed by atoms with Gasteiger partial charge < -0.3 is 4.90 Å². The van der Waals surface area contributed by atoms with E-state index in [4.69, 9.17) is 0 Å². The first kappa shape index (κ1) is 13.0. The molecule has 0 fully saturated rings.